The van der Waals surface area contributed by atoms with E-state index < -0.39 is 21.8 Å². The van der Waals surface area contributed by atoms with Gasteiger partial charge in [-0.2, -0.15) is 4.31 Å². The molecule has 2 aromatic rings. The van der Waals surface area contributed by atoms with Crippen LogP contribution >= 0.6 is 11.3 Å². The number of nitrogens with zero attached hydrogens (tertiary/aromatic N) is 1. The zero-order valence-electron chi connectivity index (χ0n) is 15.3. The van der Waals surface area contributed by atoms with Crippen LogP contribution in [0.25, 0.3) is 0 Å². The van der Waals surface area contributed by atoms with Crippen molar-refractivity contribution in [3.63, 3.8) is 0 Å². The molecule has 150 valence electrons. The fraction of sp³-hybridized carbons (Fsp3) is 0.333. The van der Waals surface area contributed by atoms with Crippen LogP contribution in [-0.2, 0) is 19.6 Å². The molecule has 2 heterocycles. The minimum Gasteiger partial charge on any atom is -0.497 e. The van der Waals surface area contributed by atoms with Crippen molar-refractivity contribution >= 4 is 38.9 Å². The van der Waals surface area contributed by atoms with Crippen molar-refractivity contribution in [2.45, 2.75) is 23.1 Å². The number of amides is 2. The fourth-order valence-electron chi connectivity index (χ4n) is 3.03. The molecule has 0 saturated carbocycles. The molecule has 28 heavy (non-hydrogen) atoms. The zero-order chi connectivity index (χ0) is 20.1. The largest absolute Gasteiger partial charge is 0.497 e. The summed E-state index contributed by atoms with van der Waals surface area (Å²) in [4.78, 5) is 24.2. The highest BCUT2D eigenvalue weighted by atomic mass is 32.2. The molecule has 1 aromatic carbocycles. The van der Waals surface area contributed by atoms with Crippen molar-refractivity contribution in [3.8, 4) is 5.75 Å². The molecule has 1 aliphatic rings. The average molecular weight is 424 g/mol. The highest BCUT2D eigenvalue weighted by Gasteiger charge is 2.36. The average Bonchev–Trinajstić information content (AvgIpc) is 3.38. The summed E-state index contributed by atoms with van der Waals surface area (Å²) in [7, 11) is -2.08. The molecule has 1 aliphatic heterocycles. The fourth-order valence-corrected chi connectivity index (χ4v) is 5.85. The van der Waals surface area contributed by atoms with Crippen LogP contribution in [0, 0.1) is 0 Å². The SMILES string of the molecule is COc1cccc(NC(=O)C(=O)NC[C@@H]2CCCN2S(=O)(=O)c2cccs2)c1. The normalized spacial score (nSPS) is 17.2. The van der Waals surface area contributed by atoms with Crippen LogP contribution < -0.4 is 15.4 Å². The Morgan fingerprint density at radius 3 is 2.79 bits per heavy atom. The van der Waals surface area contributed by atoms with Gasteiger partial charge in [0.15, 0.2) is 0 Å². The van der Waals surface area contributed by atoms with Gasteiger partial charge in [0.25, 0.3) is 10.0 Å². The molecular formula is C18H21N3O5S2. The third kappa shape index (κ3) is 4.51. The second-order valence-electron chi connectivity index (χ2n) is 6.24. The molecule has 2 amide bonds. The van der Waals surface area contributed by atoms with Gasteiger partial charge < -0.3 is 15.4 Å². The van der Waals surface area contributed by atoms with Gasteiger partial charge in [-0.3, -0.25) is 9.59 Å². The Morgan fingerprint density at radius 1 is 1.25 bits per heavy atom. The molecule has 0 unspecified atom stereocenters. The first-order valence-electron chi connectivity index (χ1n) is 8.70. The molecule has 1 aromatic heterocycles. The van der Waals surface area contributed by atoms with Gasteiger partial charge in [0.2, 0.25) is 0 Å². The van der Waals surface area contributed by atoms with Gasteiger partial charge in [0.05, 0.1) is 7.11 Å². The second kappa shape index (κ2) is 8.72. The number of hydrogen-bond donors (Lipinski definition) is 2. The van der Waals surface area contributed by atoms with E-state index in [9.17, 15) is 18.0 Å². The highest BCUT2D eigenvalue weighted by Crippen LogP contribution is 2.28. The van der Waals surface area contributed by atoms with E-state index in [-0.39, 0.29) is 16.8 Å². The lowest BCUT2D eigenvalue weighted by Gasteiger charge is -2.23. The number of carbonyl (C=O) groups is 2. The lowest BCUT2D eigenvalue weighted by Crippen LogP contribution is -2.45. The van der Waals surface area contributed by atoms with Crippen LogP contribution in [-0.4, -0.2) is 50.8 Å². The molecule has 1 fully saturated rings. The standard InChI is InChI=1S/C18H21N3O5S2/c1-26-15-7-2-5-13(11-15)20-18(23)17(22)19-12-14-6-3-9-21(14)28(24,25)16-8-4-10-27-16/h2,4-5,7-8,10-11,14H,3,6,9,12H2,1H3,(H,19,22)(H,20,23)/t14-/m0/s1. The van der Waals surface area contributed by atoms with E-state index >= 15 is 0 Å². The second-order valence-corrected chi connectivity index (χ2v) is 9.31. The molecule has 8 nitrogen and oxygen atoms in total. The van der Waals surface area contributed by atoms with E-state index in [1.165, 1.54) is 11.4 Å². The summed E-state index contributed by atoms with van der Waals surface area (Å²) < 4.78 is 32.2. The third-order valence-corrected chi connectivity index (χ3v) is 7.74. The minimum atomic E-state index is -3.58. The van der Waals surface area contributed by atoms with Crippen LogP contribution in [0.15, 0.2) is 46.0 Å². The highest BCUT2D eigenvalue weighted by molar-refractivity contribution is 7.91. The topological polar surface area (TPSA) is 105 Å². The Bertz CT molecular complexity index is 944. The van der Waals surface area contributed by atoms with Crippen molar-refractivity contribution in [2.24, 2.45) is 0 Å². The summed E-state index contributed by atoms with van der Waals surface area (Å²) in [6.07, 6.45) is 1.34. The van der Waals surface area contributed by atoms with E-state index in [1.54, 1.807) is 41.8 Å². The summed E-state index contributed by atoms with van der Waals surface area (Å²) in [5, 5.41) is 6.74. The van der Waals surface area contributed by atoms with E-state index in [0.29, 0.717) is 30.8 Å². The van der Waals surface area contributed by atoms with Gasteiger partial charge in [-0.1, -0.05) is 12.1 Å². The van der Waals surface area contributed by atoms with Crippen LogP contribution in [0.3, 0.4) is 0 Å². The monoisotopic (exact) mass is 423 g/mol. The third-order valence-electron chi connectivity index (χ3n) is 4.41. The van der Waals surface area contributed by atoms with Crippen molar-refractivity contribution in [3.05, 3.63) is 41.8 Å². The van der Waals surface area contributed by atoms with Crippen molar-refractivity contribution in [2.75, 3.05) is 25.5 Å². The number of rotatable bonds is 6. The van der Waals surface area contributed by atoms with Gasteiger partial charge in [-0.25, -0.2) is 8.42 Å². The Morgan fingerprint density at radius 2 is 2.07 bits per heavy atom. The maximum absolute atomic E-state index is 12.7. The zero-order valence-corrected chi connectivity index (χ0v) is 16.9. The van der Waals surface area contributed by atoms with Gasteiger partial charge in [0, 0.05) is 30.9 Å². The number of anilines is 1. The molecule has 0 bridgehead atoms. The molecule has 0 aliphatic carbocycles. The number of sulfonamides is 1. The van der Waals surface area contributed by atoms with Crippen LogP contribution in [0.1, 0.15) is 12.8 Å². The first kappa shape index (κ1) is 20.3. The Kier molecular flexibility index (Phi) is 6.32. The Labute approximate surface area is 167 Å². The number of carbonyl (C=O) groups excluding carboxylic acids is 2. The van der Waals surface area contributed by atoms with Crippen LogP contribution in [0.4, 0.5) is 5.69 Å². The van der Waals surface area contributed by atoms with Gasteiger partial charge in [-0.05, 0) is 36.4 Å². The van der Waals surface area contributed by atoms with Crippen molar-refractivity contribution in [1.82, 2.24) is 9.62 Å². The Hall–Kier alpha value is -2.43. The van der Waals surface area contributed by atoms with E-state index in [4.69, 9.17) is 4.74 Å². The molecule has 2 N–H and O–H groups in total. The summed E-state index contributed by atoms with van der Waals surface area (Å²) >= 11 is 1.16. The lowest BCUT2D eigenvalue weighted by molar-refractivity contribution is -0.136. The summed E-state index contributed by atoms with van der Waals surface area (Å²) in [5.41, 5.74) is 0.433. The lowest BCUT2D eigenvalue weighted by atomic mass is 10.2. The number of thiophene rings is 1. The maximum atomic E-state index is 12.7. The molecular weight excluding hydrogens is 402 g/mol. The molecule has 3 rings (SSSR count). The van der Waals surface area contributed by atoms with Gasteiger partial charge >= 0.3 is 11.8 Å². The van der Waals surface area contributed by atoms with Crippen molar-refractivity contribution < 1.29 is 22.7 Å². The smallest absolute Gasteiger partial charge is 0.313 e. The van der Waals surface area contributed by atoms with Crippen LogP contribution in [0.5, 0.6) is 5.75 Å². The minimum absolute atomic E-state index is 0.0783. The first-order chi connectivity index (χ1) is 13.4. The van der Waals surface area contributed by atoms with E-state index in [0.717, 1.165) is 11.3 Å². The summed E-state index contributed by atoms with van der Waals surface area (Å²) in [6.45, 7) is 0.478. The molecule has 1 saturated heterocycles. The molecule has 10 heteroatoms. The quantitative estimate of drug-likeness (QED) is 0.688. The number of ether oxygens (including phenoxy) is 1. The van der Waals surface area contributed by atoms with Crippen LogP contribution in [0.2, 0.25) is 0 Å². The van der Waals surface area contributed by atoms with E-state index in [2.05, 4.69) is 10.6 Å². The Balaban J connectivity index is 1.58. The van der Waals surface area contributed by atoms with Crippen molar-refractivity contribution in [1.29, 1.82) is 0 Å². The van der Waals surface area contributed by atoms with E-state index in [1.807, 2.05) is 0 Å². The van der Waals surface area contributed by atoms with Gasteiger partial charge in [-0.15, -0.1) is 11.3 Å². The van der Waals surface area contributed by atoms with Gasteiger partial charge in [0.1, 0.15) is 9.96 Å². The first-order valence-corrected chi connectivity index (χ1v) is 11.0. The number of methoxy groups -OCH3 is 1. The predicted molar refractivity (Wildman–Crippen MR) is 106 cm³/mol. The molecule has 1 atom stereocenters. The molecule has 0 radical (unpaired) electrons. The summed E-state index contributed by atoms with van der Waals surface area (Å²) in [6, 6.07) is 9.53. The summed E-state index contributed by atoms with van der Waals surface area (Å²) in [5.74, 6) is -1.08. The number of hydrogen-bond acceptors (Lipinski definition) is 6. The predicted octanol–water partition coefficient (Wildman–Crippen LogP) is 1.66. The molecule has 0 spiro atoms. The maximum Gasteiger partial charge on any atom is 0.313 e. The number of benzene rings is 1. The number of nitrogens with one attached hydrogen (secondary N) is 2.